The maximum Gasteiger partial charge on any atom is 0.243 e. The zero-order valence-electron chi connectivity index (χ0n) is 15.6. The van der Waals surface area contributed by atoms with Gasteiger partial charge in [-0.1, -0.05) is 18.6 Å². The lowest BCUT2D eigenvalue weighted by Gasteiger charge is -2.26. The van der Waals surface area contributed by atoms with Crippen molar-refractivity contribution in [1.29, 1.82) is 0 Å². The number of nitrogens with one attached hydrogen (secondary N) is 2. The summed E-state index contributed by atoms with van der Waals surface area (Å²) in [5, 5.41) is 6.61. The van der Waals surface area contributed by atoms with E-state index in [0.717, 1.165) is 49.8 Å². The van der Waals surface area contributed by atoms with Gasteiger partial charge in [-0.3, -0.25) is 0 Å². The monoisotopic (exact) mass is 378 g/mol. The van der Waals surface area contributed by atoms with Gasteiger partial charge in [0.1, 0.15) is 0 Å². The van der Waals surface area contributed by atoms with E-state index < -0.39 is 10.0 Å². The van der Waals surface area contributed by atoms with Gasteiger partial charge >= 0.3 is 0 Å². The van der Waals surface area contributed by atoms with Crippen LogP contribution in [0.4, 0.5) is 0 Å². The normalized spacial score (nSPS) is 19.3. The first-order chi connectivity index (χ1) is 12.6. The third kappa shape index (κ3) is 5.20. The molecule has 0 unspecified atom stereocenters. The summed E-state index contributed by atoms with van der Waals surface area (Å²) in [4.78, 5) is 4.98. The number of rotatable bonds is 7. The lowest BCUT2D eigenvalue weighted by molar-refractivity contribution is 0.346. The largest absolute Gasteiger partial charge is 0.357 e. The van der Waals surface area contributed by atoms with Crippen molar-refractivity contribution < 1.29 is 8.42 Å². The number of hydrogen-bond donors (Lipinski definition) is 2. The average Bonchev–Trinajstić information content (AvgIpc) is 3.49. The summed E-state index contributed by atoms with van der Waals surface area (Å²) in [5.74, 6) is 1.57. The highest BCUT2D eigenvalue weighted by atomic mass is 32.2. The highest BCUT2D eigenvalue weighted by molar-refractivity contribution is 7.89. The maximum absolute atomic E-state index is 12.8. The number of aliphatic imine (C=N–C) groups is 1. The van der Waals surface area contributed by atoms with Crippen LogP contribution in [-0.2, 0) is 16.6 Å². The molecule has 2 N–H and O–H groups in total. The van der Waals surface area contributed by atoms with E-state index in [1.807, 2.05) is 19.1 Å². The van der Waals surface area contributed by atoms with Gasteiger partial charge in [0.05, 0.1) is 11.4 Å². The van der Waals surface area contributed by atoms with Crippen LogP contribution in [0.5, 0.6) is 0 Å². The summed E-state index contributed by atoms with van der Waals surface area (Å²) < 4.78 is 27.3. The minimum absolute atomic E-state index is 0.378. The van der Waals surface area contributed by atoms with Crippen molar-refractivity contribution in [2.75, 3.05) is 26.2 Å². The first-order valence-electron chi connectivity index (χ1n) is 9.71. The molecule has 0 radical (unpaired) electrons. The van der Waals surface area contributed by atoms with Crippen LogP contribution in [0, 0.1) is 5.92 Å². The Bertz CT molecular complexity index is 723. The molecule has 0 bridgehead atoms. The van der Waals surface area contributed by atoms with E-state index in [9.17, 15) is 8.42 Å². The topological polar surface area (TPSA) is 73.8 Å². The molecule has 1 saturated carbocycles. The van der Waals surface area contributed by atoms with E-state index in [-0.39, 0.29) is 0 Å². The Balaban J connectivity index is 1.68. The van der Waals surface area contributed by atoms with Gasteiger partial charge in [-0.25, -0.2) is 13.4 Å². The van der Waals surface area contributed by atoms with Crippen LogP contribution in [-0.4, -0.2) is 44.9 Å². The van der Waals surface area contributed by atoms with Gasteiger partial charge in [-0.2, -0.15) is 4.31 Å². The first-order valence-corrected chi connectivity index (χ1v) is 11.1. The van der Waals surface area contributed by atoms with Crippen molar-refractivity contribution in [2.45, 2.75) is 50.5 Å². The van der Waals surface area contributed by atoms with Crippen molar-refractivity contribution in [2.24, 2.45) is 10.9 Å². The number of sulfonamides is 1. The molecule has 144 valence electrons. The molecule has 1 heterocycles. The Kier molecular flexibility index (Phi) is 6.53. The van der Waals surface area contributed by atoms with E-state index in [0.29, 0.717) is 24.5 Å². The third-order valence-electron chi connectivity index (χ3n) is 4.87. The van der Waals surface area contributed by atoms with E-state index in [2.05, 4.69) is 15.6 Å². The summed E-state index contributed by atoms with van der Waals surface area (Å²) in [5.41, 5.74) is 0.909. The summed E-state index contributed by atoms with van der Waals surface area (Å²) in [6.45, 7) is 5.51. The minimum atomic E-state index is -3.39. The van der Waals surface area contributed by atoms with Gasteiger partial charge in [0.2, 0.25) is 10.0 Å². The molecule has 1 aromatic carbocycles. The molecule has 26 heavy (non-hydrogen) atoms. The van der Waals surface area contributed by atoms with Crippen molar-refractivity contribution in [3.05, 3.63) is 29.8 Å². The number of guanidine groups is 1. The van der Waals surface area contributed by atoms with E-state index in [4.69, 9.17) is 0 Å². The summed E-state index contributed by atoms with van der Waals surface area (Å²) in [6.07, 6.45) is 5.59. The van der Waals surface area contributed by atoms with Crippen molar-refractivity contribution >= 4 is 16.0 Å². The molecular weight excluding hydrogens is 348 g/mol. The molecule has 3 rings (SSSR count). The Morgan fingerprint density at radius 1 is 1.19 bits per heavy atom. The zero-order chi connectivity index (χ0) is 18.4. The van der Waals surface area contributed by atoms with Crippen molar-refractivity contribution in [3.8, 4) is 0 Å². The van der Waals surface area contributed by atoms with Gasteiger partial charge in [0.25, 0.3) is 0 Å². The minimum Gasteiger partial charge on any atom is -0.357 e. The van der Waals surface area contributed by atoms with Crippen LogP contribution in [0.1, 0.15) is 44.6 Å². The van der Waals surface area contributed by atoms with E-state index in [1.165, 1.54) is 12.8 Å². The second kappa shape index (κ2) is 8.86. The standard InChI is InChI=1S/C19H30N4O2S/c1-2-20-19(21-14-16-9-10-16)22-15-17-7-6-8-18(13-17)26(24,25)23-11-4-3-5-12-23/h6-8,13,16H,2-5,9-12,14-15H2,1H3,(H2,20,21,22). The molecule has 1 saturated heterocycles. The van der Waals surface area contributed by atoms with Gasteiger partial charge in [0, 0.05) is 26.2 Å². The van der Waals surface area contributed by atoms with Gasteiger partial charge in [-0.15, -0.1) is 0 Å². The molecule has 1 aliphatic carbocycles. The van der Waals surface area contributed by atoms with Gasteiger partial charge in [0.15, 0.2) is 5.96 Å². The van der Waals surface area contributed by atoms with Crippen LogP contribution in [0.15, 0.2) is 34.2 Å². The quantitative estimate of drug-likeness (QED) is 0.564. The SMILES string of the molecule is CCNC(=NCc1cccc(S(=O)(=O)N2CCCCC2)c1)NCC1CC1. The molecule has 0 spiro atoms. The second-order valence-electron chi connectivity index (χ2n) is 7.13. The fourth-order valence-corrected chi connectivity index (χ4v) is 4.72. The molecule has 7 heteroatoms. The highest BCUT2D eigenvalue weighted by Gasteiger charge is 2.26. The third-order valence-corrected chi connectivity index (χ3v) is 6.76. The summed E-state index contributed by atoms with van der Waals surface area (Å²) in [7, 11) is -3.39. The van der Waals surface area contributed by atoms with Crippen LogP contribution in [0.3, 0.4) is 0 Å². The summed E-state index contributed by atoms with van der Waals surface area (Å²) >= 11 is 0. The summed E-state index contributed by atoms with van der Waals surface area (Å²) in [6, 6.07) is 7.20. The predicted octanol–water partition coefficient (Wildman–Crippen LogP) is 2.33. The smallest absolute Gasteiger partial charge is 0.243 e. The zero-order valence-corrected chi connectivity index (χ0v) is 16.4. The number of hydrogen-bond acceptors (Lipinski definition) is 3. The molecule has 2 aliphatic rings. The number of nitrogens with zero attached hydrogens (tertiary/aromatic N) is 2. The van der Waals surface area contributed by atoms with Crippen molar-refractivity contribution in [1.82, 2.24) is 14.9 Å². The molecular formula is C19H30N4O2S. The van der Waals surface area contributed by atoms with Gasteiger partial charge < -0.3 is 10.6 Å². The molecule has 6 nitrogen and oxygen atoms in total. The Hall–Kier alpha value is -1.60. The molecule has 1 aliphatic heterocycles. The van der Waals surface area contributed by atoms with E-state index >= 15 is 0 Å². The van der Waals surface area contributed by atoms with Crippen molar-refractivity contribution in [3.63, 3.8) is 0 Å². The fraction of sp³-hybridized carbons (Fsp3) is 0.632. The Labute approximate surface area is 157 Å². The maximum atomic E-state index is 12.8. The van der Waals surface area contributed by atoms with Crippen LogP contribution in [0.25, 0.3) is 0 Å². The molecule has 1 aromatic rings. The van der Waals surface area contributed by atoms with Crippen LogP contribution in [0.2, 0.25) is 0 Å². The van der Waals surface area contributed by atoms with Gasteiger partial charge in [-0.05, 0) is 56.2 Å². The molecule has 0 aromatic heterocycles. The van der Waals surface area contributed by atoms with Crippen LogP contribution < -0.4 is 10.6 Å². The Morgan fingerprint density at radius 2 is 1.96 bits per heavy atom. The molecule has 0 amide bonds. The lowest BCUT2D eigenvalue weighted by Crippen LogP contribution is -2.38. The van der Waals surface area contributed by atoms with Crippen LogP contribution >= 0.6 is 0 Å². The van der Waals surface area contributed by atoms with E-state index in [1.54, 1.807) is 16.4 Å². The second-order valence-corrected chi connectivity index (χ2v) is 9.07. The molecule has 2 fully saturated rings. The lowest BCUT2D eigenvalue weighted by atomic mass is 10.2. The Morgan fingerprint density at radius 3 is 2.65 bits per heavy atom. The fourth-order valence-electron chi connectivity index (χ4n) is 3.13. The molecule has 0 atom stereocenters. The number of piperidine rings is 1. The number of benzene rings is 1. The first kappa shape index (κ1) is 19.2. The predicted molar refractivity (Wildman–Crippen MR) is 105 cm³/mol. The average molecular weight is 379 g/mol. The highest BCUT2D eigenvalue weighted by Crippen LogP contribution is 2.27.